The number of hydrogen-bond donors (Lipinski definition) is 1. The standard InChI is InChI=1S/C14H20N2O2/c1-10(2)11-4-3-5-13(8-11)18-14(17)16-7-6-12(15)9-16/h3-5,8,10,12H,6-7,9,15H2,1-2H3. The van der Waals surface area contributed by atoms with Crippen LogP contribution >= 0.6 is 0 Å². The minimum Gasteiger partial charge on any atom is -0.410 e. The summed E-state index contributed by atoms with van der Waals surface area (Å²) in [5.41, 5.74) is 6.94. The predicted molar refractivity (Wildman–Crippen MR) is 70.7 cm³/mol. The molecule has 0 spiro atoms. The van der Waals surface area contributed by atoms with Gasteiger partial charge in [-0.2, -0.15) is 0 Å². The maximum Gasteiger partial charge on any atom is 0.415 e. The molecule has 18 heavy (non-hydrogen) atoms. The van der Waals surface area contributed by atoms with Crippen molar-refractivity contribution in [2.45, 2.75) is 32.2 Å². The Hall–Kier alpha value is -1.55. The molecule has 0 aromatic heterocycles. The van der Waals surface area contributed by atoms with Gasteiger partial charge in [0.25, 0.3) is 0 Å². The predicted octanol–water partition coefficient (Wildman–Crippen LogP) is 2.34. The summed E-state index contributed by atoms with van der Waals surface area (Å²) in [4.78, 5) is 13.5. The highest BCUT2D eigenvalue weighted by molar-refractivity contribution is 5.71. The molecule has 1 atom stereocenters. The van der Waals surface area contributed by atoms with Gasteiger partial charge in [0.05, 0.1) is 0 Å². The number of rotatable bonds is 2. The molecule has 4 nitrogen and oxygen atoms in total. The Kier molecular flexibility index (Phi) is 3.87. The maximum atomic E-state index is 11.9. The van der Waals surface area contributed by atoms with Crippen molar-refractivity contribution < 1.29 is 9.53 Å². The topological polar surface area (TPSA) is 55.6 Å². The van der Waals surface area contributed by atoms with Crippen LogP contribution in [0.3, 0.4) is 0 Å². The minimum atomic E-state index is -0.302. The number of likely N-dealkylation sites (tertiary alicyclic amines) is 1. The van der Waals surface area contributed by atoms with Crippen molar-refractivity contribution in [2.24, 2.45) is 5.73 Å². The number of ether oxygens (including phenoxy) is 1. The molecule has 2 rings (SSSR count). The van der Waals surface area contributed by atoms with E-state index in [1.54, 1.807) is 11.0 Å². The lowest BCUT2D eigenvalue weighted by Gasteiger charge is -2.16. The van der Waals surface area contributed by atoms with Gasteiger partial charge in [-0.1, -0.05) is 26.0 Å². The number of carbonyl (C=O) groups excluding carboxylic acids is 1. The van der Waals surface area contributed by atoms with Gasteiger partial charge in [-0.3, -0.25) is 0 Å². The largest absolute Gasteiger partial charge is 0.415 e. The molecule has 1 aliphatic heterocycles. The van der Waals surface area contributed by atoms with Gasteiger partial charge in [-0.25, -0.2) is 4.79 Å². The summed E-state index contributed by atoms with van der Waals surface area (Å²) in [5.74, 6) is 1.02. The van der Waals surface area contributed by atoms with E-state index >= 15 is 0 Å². The molecule has 1 aromatic rings. The third-order valence-electron chi connectivity index (χ3n) is 3.21. The molecule has 1 saturated heterocycles. The monoisotopic (exact) mass is 248 g/mol. The van der Waals surface area contributed by atoms with Crippen molar-refractivity contribution in [3.63, 3.8) is 0 Å². The first-order valence-electron chi connectivity index (χ1n) is 6.38. The van der Waals surface area contributed by atoms with Crippen LogP contribution in [-0.2, 0) is 0 Å². The molecule has 2 N–H and O–H groups in total. The van der Waals surface area contributed by atoms with E-state index in [0.717, 1.165) is 6.42 Å². The zero-order chi connectivity index (χ0) is 13.1. The summed E-state index contributed by atoms with van der Waals surface area (Å²) in [6.07, 6.45) is 0.546. The summed E-state index contributed by atoms with van der Waals surface area (Å²) in [6.45, 7) is 5.49. The van der Waals surface area contributed by atoms with Gasteiger partial charge < -0.3 is 15.4 Å². The van der Waals surface area contributed by atoms with Crippen LogP contribution in [0.25, 0.3) is 0 Å². The molecule has 1 unspecified atom stereocenters. The average Bonchev–Trinajstić information content (AvgIpc) is 2.76. The Morgan fingerprint density at radius 2 is 2.28 bits per heavy atom. The van der Waals surface area contributed by atoms with Gasteiger partial charge in [0.15, 0.2) is 0 Å². The van der Waals surface area contributed by atoms with Crippen LogP contribution < -0.4 is 10.5 Å². The number of nitrogens with zero attached hydrogens (tertiary/aromatic N) is 1. The normalized spacial score (nSPS) is 19.3. The highest BCUT2D eigenvalue weighted by atomic mass is 16.6. The van der Waals surface area contributed by atoms with E-state index in [4.69, 9.17) is 10.5 Å². The SMILES string of the molecule is CC(C)c1cccc(OC(=O)N2CCC(N)C2)c1. The fraction of sp³-hybridized carbons (Fsp3) is 0.500. The van der Waals surface area contributed by atoms with Gasteiger partial charge in [0.1, 0.15) is 5.75 Å². The zero-order valence-electron chi connectivity index (χ0n) is 10.9. The van der Waals surface area contributed by atoms with Crippen LogP contribution in [0, 0.1) is 0 Å². The Morgan fingerprint density at radius 1 is 1.50 bits per heavy atom. The quantitative estimate of drug-likeness (QED) is 0.874. The van der Waals surface area contributed by atoms with Crippen molar-refractivity contribution in [1.29, 1.82) is 0 Å². The lowest BCUT2D eigenvalue weighted by Crippen LogP contribution is -2.34. The lowest BCUT2D eigenvalue weighted by atomic mass is 10.0. The number of nitrogens with two attached hydrogens (primary N) is 1. The third kappa shape index (κ3) is 3.01. The Bertz CT molecular complexity index is 432. The molecular weight excluding hydrogens is 228 g/mol. The second-order valence-corrected chi connectivity index (χ2v) is 5.09. The van der Waals surface area contributed by atoms with Crippen molar-refractivity contribution >= 4 is 6.09 Å². The van der Waals surface area contributed by atoms with Crippen molar-refractivity contribution in [1.82, 2.24) is 4.90 Å². The molecule has 4 heteroatoms. The van der Waals surface area contributed by atoms with Crippen molar-refractivity contribution in [2.75, 3.05) is 13.1 Å². The fourth-order valence-corrected chi connectivity index (χ4v) is 2.06. The van der Waals surface area contributed by atoms with Gasteiger partial charge >= 0.3 is 6.09 Å². The highest BCUT2D eigenvalue weighted by Gasteiger charge is 2.25. The summed E-state index contributed by atoms with van der Waals surface area (Å²) < 4.78 is 5.37. The average molecular weight is 248 g/mol. The van der Waals surface area contributed by atoms with E-state index in [9.17, 15) is 4.79 Å². The molecule has 1 aromatic carbocycles. The van der Waals surface area contributed by atoms with E-state index in [0.29, 0.717) is 24.8 Å². The highest BCUT2D eigenvalue weighted by Crippen LogP contribution is 2.21. The van der Waals surface area contributed by atoms with Crippen molar-refractivity contribution in [3.8, 4) is 5.75 Å². The zero-order valence-corrected chi connectivity index (χ0v) is 10.9. The van der Waals surface area contributed by atoms with Crippen LogP contribution in [0.2, 0.25) is 0 Å². The fourth-order valence-electron chi connectivity index (χ4n) is 2.06. The number of hydrogen-bond acceptors (Lipinski definition) is 3. The summed E-state index contributed by atoms with van der Waals surface area (Å²) in [7, 11) is 0. The number of carbonyl (C=O) groups is 1. The summed E-state index contributed by atoms with van der Waals surface area (Å²) >= 11 is 0. The van der Waals surface area contributed by atoms with E-state index in [2.05, 4.69) is 13.8 Å². The number of benzene rings is 1. The first-order chi connectivity index (χ1) is 8.56. The Morgan fingerprint density at radius 3 is 2.89 bits per heavy atom. The van der Waals surface area contributed by atoms with E-state index < -0.39 is 0 Å². The molecule has 1 amide bonds. The van der Waals surface area contributed by atoms with Gasteiger partial charge in [-0.15, -0.1) is 0 Å². The summed E-state index contributed by atoms with van der Waals surface area (Å²) in [6, 6.07) is 7.75. The van der Waals surface area contributed by atoms with E-state index in [1.807, 2.05) is 18.2 Å². The molecule has 1 fully saturated rings. The van der Waals surface area contributed by atoms with E-state index in [-0.39, 0.29) is 12.1 Å². The van der Waals surface area contributed by atoms with Crippen LogP contribution in [0.15, 0.2) is 24.3 Å². The van der Waals surface area contributed by atoms with Crippen LogP contribution in [0.5, 0.6) is 5.75 Å². The first kappa shape index (κ1) is 12.9. The second-order valence-electron chi connectivity index (χ2n) is 5.09. The molecule has 0 bridgehead atoms. The van der Waals surface area contributed by atoms with Crippen molar-refractivity contribution in [3.05, 3.63) is 29.8 Å². The van der Waals surface area contributed by atoms with Crippen LogP contribution in [-0.4, -0.2) is 30.1 Å². The molecular formula is C14H20N2O2. The van der Waals surface area contributed by atoms with Gasteiger partial charge in [0.2, 0.25) is 0 Å². The summed E-state index contributed by atoms with van der Waals surface area (Å²) in [5, 5.41) is 0. The molecule has 1 heterocycles. The molecule has 0 aliphatic carbocycles. The molecule has 0 radical (unpaired) electrons. The minimum absolute atomic E-state index is 0.0829. The van der Waals surface area contributed by atoms with Crippen LogP contribution in [0.4, 0.5) is 4.79 Å². The smallest absolute Gasteiger partial charge is 0.410 e. The van der Waals surface area contributed by atoms with Crippen LogP contribution in [0.1, 0.15) is 31.7 Å². The Labute approximate surface area is 108 Å². The molecule has 98 valence electrons. The molecule has 0 saturated carbocycles. The van der Waals surface area contributed by atoms with Gasteiger partial charge in [-0.05, 0) is 30.0 Å². The van der Waals surface area contributed by atoms with Gasteiger partial charge in [0, 0.05) is 19.1 Å². The number of amides is 1. The van der Waals surface area contributed by atoms with E-state index in [1.165, 1.54) is 5.56 Å². The second kappa shape index (κ2) is 5.40. The molecule has 1 aliphatic rings. The third-order valence-corrected chi connectivity index (χ3v) is 3.21. The maximum absolute atomic E-state index is 11.9. The lowest BCUT2D eigenvalue weighted by molar-refractivity contribution is 0.162. The Balaban J connectivity index is 2.00. The first-order valence-corrected chi connectivity index (χ1v) is 6.38.